The number of aliphatic hydroxyl groups excluding tert-OH is 2. The molecule has 0 aliphatic rings. The summed E-state index contributed by atoms with van der Waals surface area (Å²) in [4.78, 5) is 0. The Bertz CT molecular complexity index is 700. The summed E-state index contributed by atoms with van der Waals surface area (Å²) in [6, 6.07) is 15.7. The van der Waals surface area contributed by atoms with E-state index in [-0.39, 0.29) is 31.1 Å². The van der Waals surface area contributed by atoms with Crippen LogP contribution < -0.4 is 9.47 Å². The zero-order valence-corrected chi connectivity index (χ0v) is 17.4. The number of alkyl halides is 1. The highest BCUT2D eigenvalue weighted by molar-refractivity contribution is 6.18. The van der Waals surface area contributed by atoms with Gasteiger partial charge in [-0.05, 0) is 35.4 Å². The fourth-order valence-corrected chi connectivity index (χ4v) is 2.86. The summed E-state index contributed by atoms with van der Waals surface area (Å²) in [5, 5.41) is 19.1. The molecule has 0 radical (unpaired) electrons. The van der Waals surface area contributed by atoms with Crippen molar-refractivity contribution in [3.8, 4) is 11.5 Å². The minimum Gasteiger partial charge on any atom is -0.491 e. The van der Waals surface area contributed by atoms with Gasteiger partial charge in [0, 0.05) is 12.5 Å². The van der Waals surface area contributed by atoms with Gasteiger partial charge in [0.05, 0.1) is 12.5 Å². The summed E-state index contributed by atoms with van der Waals surface area (Å²) in [6.45, 7) is 4.91. The van der Waals surface area contributed by atoms with Crippen molar-refractivity contribution >= 4 is 11.6 Å². The number of methoxy groups -OCH3 is 1. The summed E-state index contributed by atoms with van der Waals surface area (Å²) in [5.41, 5.74) is 2.08. The van der Waals surface area contributed by atoms with Gasteiger partial charge in [-0.15, -0.1) is 11.6 Å². The lowest BCUT2D eigenvalue weighted by Crippen LogP contribution is -2.22. The Morgan fingerprint density at radius 2 is 1.21 bits per heavy atom. The van der Waals surface area contributed by atoms with Gasteiger partial charge in [-0.1, -0.05) is 38.1 Å². The van der Waals surface area contributed by atoms with Crippen LogP contribution in [-0.2, 0) is 10.2 Å². The topological polar surface area (TPSA) is 68.2 Å². The van der Waals surface area contributed by atoms with E-state index in [2.05, 4.69) is 13.8 Å². The molecule has 0 fully saturated rings. The van der Waals surface area contributed by atoms with Gasteiger partial charge in [-0.2, -0.15) is 0 Å². The molecule has 0 bridgehead atoms. The maximum Gasteiger partial charge on any atom is 0.119 e. The largest absolute Gasteiger partial charge is 0.491 e. The number of aliphatic hydroxyl groups is 2. The molecule has 2 aromatic rings. The van der Waals surface area contributed by atoms with E-state index in [0.717, 1.165) is 11.1 Å². The Morgan fingerprint density at radius 1 is 0.786 bits per heavy atom. The first-order valence-corrected chi connectivity index (χ1v) is 9.78. The van der Waals surface area contributed by atoms with Crippen molar-refractivity contribution in [3.05, 3.63) is 59.7 Å². The van der Waals surface area contributed by atoms with Crippen LogP contribution in [0.2, 0.25) is 0 Å². The predicted molar refractivity (Wildman–Crippen MR) is 111 cm³/mol. The third kappa shape index (κ3) is 6.38. The van der Waals surface area contributed by atoms with Crippen molar-refractivity contribution < 1.29 is 24.4 Å². The van der Waals surface area contributed by atoms with Crippen molar-refractivity contribution in [1.29, 1.82) is 0 Å². The van der Waals surface area contributed by atoms with Gasteiger partial charge in [0.25, 0.3) is 0 Å². The van der Waals surface area contributed by atoms with E-state index in [1.54, 1.807) is 7.11 Å². The molecule has 0 heterocycles. The summed E-state index contributed by atoms with van der Waals surface area (Å²) in [5.74, 6) is 1.55. The maximum atomic E-state index is 9.67. The first-order valence-electron chi connectivity index (χ1n) is 9.24. The molecule has 0 aliphatic heterocycles. The average molecular weight is 409 g/mol. The number of rotatable bonds is 11. The summed E-state index contributed by atoms with van der Waals surface area (Å²) in [7, 11) is 1.54. The van der Waals surface area contributed by atoms with Gasteiger partial charge in [0.1, 0.15) is 36.9 Å². The van der Waals surface area contributed by atoms with Crippen LogP contribution in [0.3, 0.4) is 0 Å². The summed E-state index contributed by atoms with van der Waals surface area (Å²) >= 11 is 5.57. The van der Waals surface area contributed by atoms with E-state index in [9.17, 15) is 10.2 Å². The number of hydrogen-bond acceptors (Lipinski definition) is 5. The monoisotopic (exact) mass is 408 g/mol. The zero-order valence-electron chi connectivity index (χ0n) is 16.6. The Balaban J connectivity index is 2.01. The van der Waals surface area contributed by atoms with Crippen LogP contribution in [-0.4, -0.2) is 55.2 Å². The fraction of sp³-hybridized carbons (Fsp3) is 0.455. The van der Waals surface area contributed by atoms with Crippen LogP contribution in [0, 0.1) is 0 Å². The van der Waals surface area contributed by atoms with Crippen molar-refractivity contribution in [2.24, 2.45) is 0 Å². The van der Waals surface area contributed by atoms with Gasteiger partial charge >= 0.3 is 0 Å². The normalized spacial score (nSPS) is 13.8. The van der Waals surface area contributed by atoms with Gasteiger partial charge in [-0.25, -0.2) is 0 Å². The van der Waals surface area contributed by atoms with Crippen molar-refractivity contribution in [1.82, 2.24) is 0 Å². The van der Waals surface area contributed by atoms with Crippen LogP contribution in [0.25, 0.3) is 0 Å². The number of halogens is 1. The van der Waals surface area contributed by atoms with Gasteiger partial charge < -0.3 is 24.4 Å². The highest BCUT2D eigenvalue weighted by Crippen LogP contribution is 2.33. The lowest BCUT2D eigenvalue weighted by molar-refractivity contribution is 0.0325. The second kappa shape index (κ2) is 10.7. The van der Waals surface area contributed by atoms with Crippen LogP contribution in [0.15, 0.2) is 48.5 Å². The fourth-order valence-electron chi connectivity index (χ4n) is 2.77. The molecule has 2 atom stereocenters. The highest BCUT2D eigenvalue weighted by atomic mass is 35.5. The lowest BCUT2D eigenvalue weighted by atomic mass is 9.78. The molecular formula is C22H29ClO5. The molecule has 5 nitrogen and oxygen atoms in total. The summed E-state index contributed by atoms with van der Waals surface area (Å²) < 4.78 is 16.0. The molecule has 6 heteroatoms. The summed E-state index contributed by atoms with van der Waals surface area (Å²) in [6.07, 6.45) is -1.32. The Labute approximate surface area is 171 Å². The van der Waals surface area contributed by atoms with Crippen LogP contribution in [0.1, 0.15) is 25.0 Å². The first kappa shape index (κ1) is 22.5. The molecule has 0 spiro atoms. The third-order valence-electron chi connectivity index (χ3n) is 4.57. The van der Waals surface area contributed by atoms with Crippen LogP contribution in [0.5, 0.6) is 11.5 Å². The third-order valence-corrected chi connectivity index (χ3v) is 4.93. The van der Waals surface area contributed by atoms with E-state index < -0.39 is 12.2 Å². The maximum absolute atomic E-state index is 9.67. The SMILES string of the molecule is COCC(O)COc1ccc(C(C)(C)c2ccc(OCC(O)CCl)cc2)cc1. The Kier molecular flexibility index (Phi) is 8.58. The lowest BCUT2D eigenvalue weighted by Gasteiger charge is -2.26. The molecular weight excluding hydrogens is 380 g/mol. The van der Waals surface area contributed by atoms with E-state index in [4.69, 9.17) is 25.8 Å². The van der Waals surface area contributed by atoms with E-state index in [1.165, 1.54) is 0 Å². The molecule has 0 saturated carbocycles. The second-order valence-electron chi connectivity index (χ2n) is 7.21. The minimum absolute atomic E-state index is 0.149. The predicted octanol–water partition coefficient (Wildman–Crippen LogP) is 3.38. The van der Waals surface area contributed by atoms with E-state index in [1.807, 2.05) is 48.5 Å². The first-order chi connectivity index (χ1) is 13.4. The molecule has 0 aromatic heterocycles. The second-order valence-corrected chi connectivity index (χ2v) is 7.52. The Hall–Kier alpha value is -1.79. The van der Waals surface area contributed by atoms with E-state index >= 15 is 0 Å². The molecule has 2 aromatic carbocycles. The molecule has 0 amide bonds. The highest BCUT2D eigenvalue weighted by Gasteiger charge is 2.23. The van der Waals surface area contributed by atoms with Gasteiger partial charge in [0.15, 0.2) is 0 Å². The quantitative estimate of drug-likeness (QED) is 0.558. The molecule has 154 valence electrons. The van der Waals surface area contributed by atoms with E-state index in [0.29, 0.717) is 11.5 Å². The molecule has 2 rings (SSSR count). The minimum atomic E-state index is -0.672. The van der Waals surface area contributed by atoms with Crippen molar-refractivity contribution in [2.75, 3.05) is 32.8 Å². The standard InChI is InChI=1S/C22H29ClO5/c1-22(2,16-4-8-20(9-5-16)27-14-18(24)12-23)17-6-10-21(11-7-17)28-15-19(25)13-26-3/h4-11,18-19,24-25H,12-15H2,1-3H3. The van der Waals surface area contributed by atoms with Crippen molar-refractivity contribution in [3.63, 3.8) is 0 Å². The number of hydrogen-bond donors (Lipinski definition) is 2. The smallest absolute Gasteiger partial charge is 0.119 e. The average Bonchev–Trinajstić information content (AvgIpc) is 2.71. The van der Waals surface area contributed by atoms with Crippen LogP contribution >= 0.6 is 11.6 Å². The zero-order chi connectivity index (χ0) is 20.6. The number of ether oxygens (including phenoxy) is 3. The van der Waals surface area contributed by atoms with Crippen LogP contribution in [0.4, 0.5) is 0 Å². The number of benzene rings is 2. The molecule has 2 N–H and O–H groups in total. The van der Waals surface area contributed by atoms with Crippen molar-refractivity contribution in [2.45, 2.75) is 31.5 Å². The Morgan fingerprint density at radius 3 is 1.61 bits per heavy atom. The van der Waals surface area contributed by atoms with Gasteiger partial charge in [-0.3, -0.25) is 0 Å². The van der Waals surface area contributed by atoms with Gasteiger partial charge in [0.2, 0.25) is 0 Å². The molecule has 2 unspecified atom stereocenters. The molecule has 28 heavy (non-hydrogen) atoms. The molecule has 0 aliphatic carbocycles. The molecule has 0 saturated heterocycles.